The van der Waals surface area contributed by atoms with Crippen LogP contribution < -0.4 is 21.7 Å². The molecule has 6 rings (SSSR count). The summed E-state index contributed by atoms with van der Waals surface area (Å²) < 4.78 is -0.220. The molecule has 2 bridgehead atoms. The first-order valence-electron chi connectivity index (χ1n) is 11.0. The van der Waals surface area contributed by atoms with Gasteiger partial charge in [0.25, 0.3) is 5.70 Å². The average molecular weight is 583 g/mol. The number of fused-ring (bicyclic) bond motifs is 1. The van der Waals surface area contributed by atoms with Gasteiger partial charge in [-0.25, -0.2) is 19.4 Å². The maximum atomic E-state index is 13.8. The van der Waals surface area contributed by atoms with Crippen LogP contribution in [-0.4, -0.2) is 90.5 Å². The number of amides is 4. The summed E-state index contributed by atoms with van der Waals surface area (Å²) >= 11 is 5.07. The number of nitrogens with zero attached hydrogens (tertiary/aromatic N) is 5. The minimum atomic E-state index is -1.35. The zero-order valence-corrected chi connectivity index (χ0v) is 22.4. The molecule has 6 N–H and O–H groups in total. The molecule has 2 aromatic heterocycles. The number of carbonyl (C=O) groups is 4. The Morgan fingerprint density at radius 1 is 1.38 bits per heavy atom. The summed E-state index contributed by atoms with van der Waals surface area (Å²) in [6, 6.07) is -1.54. The number of urea groups is 1. The van der Waals surface area contributed by atoms with E-state index in [0.717, 1.165) is 5.01 Å². The molecule has 4 aliphatic heterocycles. The molecule has 6 heterocycles. The Morgan fingerprint density at radius 2 is 2.19 bits per heavy atom. The molecule has 3 unspecified atom stereocenters. The number of carbonyl (C=O) groups excluding carboxylic acids is 3. The Morgan fingerprint density at radius 3 is 2.81 bits per heavy atom. The molecule has 0 aliphatic carbocycles. The third kappa shape index (κ3) is 3.43. The van der Waals surface area contributed by atoms with E-state index in [9.17, 15) is 24.3 Å². The summed E-state index contributed by atoms with van der Waals surface area (Å²) in [6.45, 7) is 2.00. The van der Waals surface area contributed by atoms with Gasteiger partial charge in [-0.3, -0.25) is 10.1 Å². The zero-order chi connectivity index (χ0) is 26.1. The van der Waals surface area contributed by atoms with Crippen LogP contribution in [0.15, 0.2) is 21.0 Å². The largest absolute Gasteiger partial charge is 0.474 e. The molecular weight excluding hydrogens is 563 g/mol. The molecule has 0 radical (unpaired) electrons. The second-order valence-corrected chi connectivity index (χ2v) is 13.2. The van der Waals surface area contributed by atoms with E-state index in [1.165, 1.54) is 51.2 Å². The fourth-order valence-corrected chi connectivity index (χ4v) is 9.66. The predicted molar refractivity (Wildman–Crippen MR) is 135 cm³/mol. The Kier molecular flexibility index (Phi) is 5.73. The van der Waals surface area contributed by atoms with Gasteiger partial charge in [-0.2, -0.15) is 5.01 Å². The molecular formula is C19H20N9O5S4+. The van der Waals surface area contributed by atoms with Crippen LogP contribution in [0.2, 0.25) is 0 Å². The van der Waals surface area contributed by atoms with E-state index in [1.807, 2.05) is 6.92 Å². The molecule has 0 spiro atoms. The summed E-state index contributed by atoms with van der Waals surface area (Å²) in [7, 11) is 0. The third-order valence-electron chi connectivity index (χ3n) is 6.57. The molecule has 3 fully saturated rings. The van der Waals surface area contributed by atoms with Gasteiger partial charge in [0, 0.05) is 23.3 Å². The van der Waals surface area contributed by atoms with E-state index < -0.39 is 44.7 Å². The number of hydrogen-bond donors (Lipinski definition) is 5. The number of aryl methyl sites for hydroxylation is 1. The monoisotopic (exact) mass is 582 g/mol. The number of thioether (sulfide) groups is 2. The van der Waals surface area contributed by atoms with Crippen molar-refractivity contribution in [1.29, 1.82) is 0 Å². The molecule has 37 heavy (non-hydrogen) atoms. The number of β-lactam (4-membered cyclic amide) rings is 1. The van der Waals surface area contributed by atoms with E-state index >= 15 is 0 Å². The first-order valence-corrected chi connectivity index (χ1v) is 14.6. The van der Waals surface area contributed by atoms with Crippen molar-refractivity contribution in [2.24, 2.45) is 0 Å². The molecule has 18 heteroatoms. The second kappa shape index (κ2) is 8.63. The van der Waals surface area contributed by atoms with Gasteiger partial charge in [-0.15, -0.1) is 21.5 Å². The van der Waals surface area contributed by atoms with Gasteiger partial charge in [-0.05, 0) is 6.92 Å². The molecule has 4 atom stereocenters. The van der Waals surface area contributed by atoms with Crippen molar-refractivity contribution in [3.63, 3.8) is 0 Å². The Labute approximate surface area is 225 Å². The number of nitrogens with two attached hydrogens (primary N) is 1. The molecule has 4 amide bonds. The van der Waals surface area contributed by atoms with Crippen LogP contribution in [-0.2, 0) is 19.3 Å². The van der Waals surface area contributed by atoms with Gasteiger partial charge in [0.2, 0.25) is 17.3 Å². The highest BCUT2D eigenvalue weighted by atomic mass is 32.2. The van der Waals surface area contributed by atoms with E-state index in [4.69, 9.17) is 5.73 Å². The van der Waals surface area contributed by atoms with Gasteiger partial charge in [0.1, 0.15) is 9.88 Å². The number of nitrogens with one attached hydrogen (secondary N) is 3. The maximum Gasteiger partial charge on any atom is 0.393 e. The molecule has 4 aliphatic rings. The quantitative estimate of drug-likeness (QED) is 0.169. The summed E-state index contributed by atoms with van der Waals surface area (Å²) in [5, 5.41) is 30.6. The number of aliphatic carboxylic acids is 1. The third-order valence-corrected chi connectivity index (χ3v) is 11.0. The average Bonchev–Trinajstić information content (AvgIpc) is 3.59. The standard InChI is InChI=1S/C19H19N9O5S4/c1-7-25-26-18(36-7)35-5-8-12(15(31)32)28(27-3-2-21-17(27)33)13(30)11-14(28)37-19(8,22-4-10(29)24-11)9-6-34-16(20)23-9/h6,11,14,22H,2-5H2,1H3,(H4-,20,21,23,24,29,31,32,33)/p+1/t11?,14-,19?,28?/m0/s1. The van der Waals surface area contributed by atoms with Crippen LogP contribution >= 0.6 is 46.2 Å². The van der Waals surface area contributed by atoms with Crippen molar-refractivity contribution in [1.82, 2.24) is 36.1 Å². The first kappa shape index (κ1) is 24.6. The van der Waals surface area contributed by atoms with Gasteiger partial charge in [0.05, 0.1) is 18.8 Å². The minimum absolute atomic E-state index is 0.0788. The normalized spacial score (nSPS) is 30.9. The number of anilines is 1. The number of quaternary nitrogens is 1. The number of carboxylic acid groups (broad SMARTS) is 1. The van der Waals surface area contributed by atoms with Crippen molar-refractivity contribution in [3.05, 3.63) is 27.4 Å². The van der Waals surface area contributed by atoms with Crippen molar-refractivity contribution in [3.8, 4) is 0 Å². The van der Waals surface area contributed by atoms with E-state index in [-0.39, 0.29) is 36.2 Å². The van der Waals surface area contributed by atoms with E-state index in [2.05, 4.69) is 31.1 Å². The second-order valence-electron chi connectivity index (χ2n) is 8.55. The minimum Gasteiger partial charge on any atom is -0.474 e. The number of thiazole rings is 1. The lowest BCUT2D eigenvalue weighted by molar-refractivity contribution is -0.953. The van der Waals surface area contributed by atoms with Crippen LogP contribution in [0.4, 0.5) is 9.93 Å². The van der Waals surface area contributed by atoms with Crippen LogP contribution in [0.3, 0.4) is 0 Å². The van der Waals surface area contributed by atoms with Crippen molar-refractivity contribution >= 4 is 75.1 Å². The lowest BCUT2D eigenvalue weighted by Crippen LogP contribution is -2.88. The van der Waals surface area contributed by atoms with Crippen LogP contribution in [0.25, 0.3) is 0 Å². The highest BCUT2D eigenvalue weighted by Crippen LogP contribution is 2.60. The molecule has 0 saturated carbocycles. The van der Waals surface area contributed by atoms with E-state index in [0.29, 0.717) is 15.6 Å². The van der Waals surface area contributed by atoms with Crippen molar-refractivity contribution < 1.29 is 28.9 Å². The zero-order valence-electron chi connectivity index (χ0n) is 19.1. The van der Waals surface area contributed by atoms with Crippen molar-refractivity contribution in [2.75, 3.05) is 31.1 Å². The van der Waals surface area contributed by atoms with Gasteiger partial charge in [-0.1, -0.05) is 39.5 Å². The first-order chi connectivity index (χ1) is 17.7. The van der Waals surface area contributed by atoms with Gasteiger partial charge >= 0.3 is 17.9 Å². The smallest absolute Gasteiger partial charge is 0.393 e. The van der Waals surface area contributed by atoms with Gasteiger partial charge < -0.3 is 21.5 Å². The molecule has 0 aromatic carbocycles. The molecule has 3 saturated heterocycles. The van der Waals surface area contributed by atoms with Crippen LogP contribution in [0.5, 0.6) is 0 Å². The lowest BCUT2D eigenvalue weighted by Gasteiger charge is -2.60. The SMILES string of the molecule is Cc1nnc(SCC2=C(C(=O)O)[N+]3(N4CCNC4=O)C(=O)C4NC(=O)CNC2(c2csc(N)n2)S[C@@H]43)s1. The maximum absolute atomic E-state index is 13.8. The van der Waals surface area contributed by atoms with Crippen LogP contribution in [0, 0.1) is 6.92 Å². The van der Waals surface area contributed by atoms with E-state index in [1.54, 1.807) is 5.38 Å². The Balaban J connectivity index is 1.62. The number of aromatic nitrogens is 3. The Hall–Kier alpha value is -2.77. The summed E-state index contributed by atoms with van der Waals surface area (Å²) in [4.78, 5) is 55.8. The number of carboxylic acids is 1. The molecule has 14 nitrogen and oxygen atoms in total. The lowest BCUT2D eigenvalue weighted by atomic mass is 9.93. The topological polar surface area (TPSA) is 193 Å². The molecule has 194 valence electrons. The van der Waals surface area contributed by atoms with Crippen molar-refractivity contribution in [2.45, 2.75) is 27.6 Å². The number of hydrogen-bond acceptors (Lipinski definition) is 13. The highest BCUT2D eigenvalue weighted by molar-refractivity contribution is 8.02. The fraction of sp³-hybridized carbons (Fsp3) is 0.421. The highest BCUT2D eigenvalue weighted by Gasteiger charge is 2.79. The van der Waals surface area contributed by atoms with Gasteiger partial charge in [0.15, 0.2) is 9.47 Å². The fourth-order valence-electron chi connectivity index (χ4n) is 5.12. The number of nitrogen functional groups attached to an aromatic ring is 1. The number of rotatable bonds is 6. The van der Waals surface area contributed by atoms with Crippen LogP contribution in [0.1, 0.15) is 10.7 Å². The summed E-state index contributed by atoms with van der Waals surface area (Å²) in [5.74, 6) is -2.27. The Bertz CT molecular complexity index is 1390. The predicted octanol–water partition coefficient (Wildman–Crippen LogP) is -0.373. The summed E-state index contributed by atoms with van der Waals surface area (Å²) in [6.07, 6.45) is 0. The molecule has 2 aromatic rings. The summed E-state index contributed by atoms with van der Waals surface area (Å²) in [5.41, 5.74) is 6.46.